The molecule has 3 aromatic heterocycles. The Bertz CT molecular complexity index is 987. The predicted octanol–water partition coefficient (Wildman–Crippen LogP) is 2.64. The lowest BCUT2D eigenvalue weighted by Crippen LogP contribution is -2.35. The average Bonchev–Trinajstić information content (AvgIpc) is 2.86. The van der Waals surface area contributed by atoms with Crippen LogP contribution in [0.4, 0.5) is 11.4 Å². The van der Waals surface area contributed by atoms with Crippen molar-refractivity contribution in [3.63, 3.8) is 0 Å². The van der Waals surface area contributed by atoms with Gasteiger partial charge in [0.2, 0.25) is 0 Å². The fourth-order valence-corrected chi connectivity index (χ4v) is 4.55. The highest BCUT2D eigenvalue weighted by Gasteiger charge is 2.26. The summed E-state index contributed by atoms with van der Waals surface area (Å²) >= 11 is 1.34. The molecule has 2 N–H and O–H groups in total. The summed E-state index contributed by atoms with van der Waals surface area (Å²) < 4.78 is 0. The van der Waals surface area contributed by atoms with Crippen LogP contribution in [0.5, 0.6) is 0 Å². The van der Waals surface area contributed by atoms with Crippen LogP contribution >= 0.6 is 11.3 Å². The van der Waals surface area contributed by atoms with Gasteiger partial charge in [0, 0.05) is 49.6 Å². The molecule has 4 rings (SSSR count). The van der Waals surface area contributed by atoms with Gasteiger partial charge in [0.25, 0.3) is 5.91 Å². The van der Waals surface area contributed by atoms with E-state index in [0.717, 1.165) is 53.2 Å². The second-order valence-electron chi connectivity index (χ2n) is 6.77. The normalized spacial score (nSPS) is 15.2. The lowest BCUT2D eigenvalue weighted by atomic mass is 10.1. The summed E-state index contributed by atoms with van der Waals surface area (Å²) in [5.74, 6) is -0.0101. The van der Waals surface area contributed by atoms with E-state index in [4.69, 9.17) is 5.73 Å². The number of nitrogen functional groups attached to an aromatic ring is 1. The van der Waals surface area contributed by atoms with Crippen LogP contribution in [0.15, 0.2) is 24.5 Å². The highest BCUT2D eigenvalue weighted by molar-refractivity contribution is 7.21. The number of hydrogen-bond donors (Lipinski definition) is 1. The Morgan fingerprint density at radius 2 is 1.89 bits per heavy atom. The van der Waals surface area contributed by atoms with E-state index < -0.39 is 0 Å². The standard InChI is InChI=1S/C19H22N6OS/c1-12-13(2)22-23-18-15(12)16(20)17(27-18)19(26)25-9-3-8-24(10-11-25)14-4-6-21-7-5-14/h4-7H,3,8-11,20H2,1-2H3. The zero-order valence-electron chi connectivity index (χ0n) is 15.5. The van der Waals surface area contributed by atoms with Crippen LogP contribution < -0.4 is 10.6 Å². The Kier molecular flexibility index (Phi) is 4.65. The van der Waals surface area contributed by atoms with Crippen LogP contribution in [0.3, 0.4) is 0 Å². The molecule has 0 saturated carbocycles. The van der Waals surface area contributed by atoms with Gasteiger partial charge >= 0.3 is 0 Å². The molecule has 0 radical (unpaired) electrons. The Labute approximate surface area is 161 Å². The molecule has 1 saturated heterocycles. The largest absolute Gasteiger partial charge is 0.397 e. The summed E-state index contributed by atoms with van der Waals surface area (Å²) in [7, 11) is 0. The number of thiophene rings is 1. The molecule has 7 nitrogen and oxygen atoms in total. The van der Waals surface area contributed by atoms with Crippen molar-refractivity contribution in [3.05, 3.63) is 40.7 Å². The molecule has 1 aliphatic rings. The Balaban J connectivity index is 1.57. The van der Waals surface area contributed by atoms with E-state index in [-0.39, 0.29) is 5.91 Å². The van der Waals surface area contributed by atoms with Gasteiger partial charge < -0.3 is 15.5 Å². The van der Waals surface area contributed by atoms with Crippen molar-refractivity contribution in [1.29, 1.82) is 0 Å². The fourth-order valence-electron chi connectivity index (χ4n) is 3.48. The maximum Gasteiger partial charge on any atom is 0.266 e. The molecule has 0 bridgehead atoms. The molecular formula is C19H22N6OS. The number of aryl methyl sites for hydroxylation is 2. The van der Waals surface area contributed by atoms with Crippen molar-refractivity contribution >= 4 is 38.8 Å². The quantitative estimate of drug-likeness (QED) is 0.733. The minimum Gasteiger partial charge on any atom is -0.397 e. The summed E-state index contributed by atoms with van der Waals surface area (Å²) in [5.41, 5.74) is 9.86. The molecule has 1 fully saturated rings. The lowest BCUT2D eigenvalue weighted by molar-refractivity contribution is 0.0773. The number of nitrogens with two attached hydrogens (primary N) is 1. The monoisotopic (exact) mass is 382 g/mol. The maximum atomic E-state index is 13.2. The number of aromatic nitrogens is 3. The van der Waals surface area contributed by atoms with E-state index in [0.29, 0.717) is 17.1 Å². The third kappa shape index (κ3) is 3.21. The van der Waals surface area contributed by atoms with Gasteiger partial charge in [0.15, 0.2) is 0 Å². The van der Waals surface area contributed by atoms with Crippen molar-refractivity contribution in [2.24, 2.45) is 0 Å². The second kappa shape index (κ2) is 7.11. The van der Waals surface area contributed by atoms with Gasteiger partial charge in [-0.1, -0.05) is 0 Å². The number of nitrogens with zero attached hydrogens (tertiary/aromatic N) is 5. The molecule has 0 spiro atoms. The topological polar surface area (TPSA) is 88.2 Å². The molecule has 140 valence electrons. The first kappa shape index (κ1) is 17.7. The molecule has 8 heteroatoms. The minimum absolute atomic E-state index is 0.0101. The SMILES string of the molecule is Cc1nnc2sc(C(=O)N3CCCN(c4ccncc4)CC3)c(N)c2c1C. The van der Waals surface area contributed by atoms with Crippen LogP contribution in [-0.2, 0) is 0 Å². The van der Waals surface area contributed by atoms with E-state index in [1.54, 1.807) is 12.4 Å². The van der Waals surface area contributed by atoms with Crippen molar-refractivity contribution < 1.29 is 4.79 Å². The summed E-state index contributed by atoms with van der Waals surface area (Å²) in [6, 6.07) is 4.01. The molecular weight excluding hydrogens is 360 g/mol. The number of hydrogen-bond acceptors (Lipinski definition) is 7. The van der Waals surface area contributed by atoms with E-state index in [1.807, 2.05) is 30.9 Å². The summed E-state index contributed by atoms with van der Waals surface area (Å²) in [6.07, 6.45) is 4.51. The molecule has 3 aromatic rings. The predicted molar refractivity (Wildman–Crippen MR) is 108 cm³/mol. The zero-order chi connectivity index (χ0) is 19.0. The maximum absolute atomic E-state index is 13.2. The van der Waals surface area contributed by atoms with Crippen LogP contribution in [0.2, 0.25) is 0 Å². The van der Waals surface area contributed by atoms with Crippen LogP contribution in [0.1, 0.15) is 27.3 Å². The van der Waals surface area contributed by atoms with Gasteiger partial charge in [0.05, 0.1) is 11.4 Å². The van der Waals surface area contributed by atoms with Crippen LogP contribution in [0.25, 0.3) is 10.2 Å². The van der Waals surface area contributed by atoms with E-state index in [2.05, 4.69) is 20.1 Å². The van der Waals surface area contributed by atoms with Gasteiger partial charge in [-0.2, -0.15) is 5.10 Å². The first-order chi connectivity index (χ1) is 13.1. The number of carbonyl (C=O) groups excluding carboxylic acids is 1. The summed E-state index contributed by atoms with van der Waals surface area (Å²) in [5, 5.41) is 9.25. The first-order valence-electron chi connectivity index (χ1n) is 9.02. The summed E-state index contributed by atoms with van der Waals surface area (Å²) in [6.45, 7) is 6.97. The Hall–Kier alpha value is -2.74. The van der Waals surface area contributed by atoms with E-state index in [9.17, 15) is 4.79 Å². The van der Waals surface area contributed by atoms with Gasteiger partial charge in [-0.3, -0.25) is 9.78 Å². The number of fused-ring (bicyclic) bond motifs is 1. The fraction of sp³-hybridized carbons (Fsp3) is 0.368. The number of amides is 1. The molecule has 4 heterocycles. The number of rotatable bonds is 2. The highest BCUT2D eigenvalue weighted by atomic mass is 32.1. The average molecular weight is 382 g/mol. The Morgan fingerprint density at radius 3 is 2.67 bits per heavy atom. The van der Waals surface area contributed by atoms with Crippen LogP contribution in [0, 0.1) is 13.8 Å². The Morgan fingerprint density at radius 1 is 1.11 bits per heavy atom. The third-order valence-corrected chi connectivity index (χ3v) is 6.22. The van der Waals surface area contributed by atoms with Crippen molar-refractivity contribution in [3.8, 4) is 0 Å². The van der Waals surface area contributed by atoms with Gasteiger partial charge in [0.1, 0.15) is 9.71 Å². The van der Waals surface area contributed by atoms with Crippen LogP contribution in [-0.4, -0.2) is 52.2 Å². The lowest BCUT2D eigenvalue weighted by Gasteiger charge is -2.23. The van der Waals surface area contributed by atoms with E-state index in [1.165, 1.54) is 11.3 Å². The van der Waals surface area contributed by atoms with Crippen molar-refractivity contribution in [2.45, 2.75) is 20.3 Å². The number of pyridine rings is 1. The zero-order valence-corrected chi connectivity index (χ0v) is 16.3. The number of anilines is 2. The second-order valence-corrected chi connectivity index (χ2v) is 7.77. The molecule has 0 unspecified atom stereocenters. The first-order valence-corrected chi connectivity index (χ1v) is 9.84. The third-order valence-electron chi connectivity index (χ3n) is 5.14. The number of carbonyl (C=O) groups is 1. The molecule has 0 aromatic carbocycles. The molecule has 0 atom stereocenters. The van der Waals surface area contributed by atoms with E-state index >= 15 is 0 Å². The molecule has 1 amide bonds. The molecule has 0 aliphatic carbocycles. The van der Waals surface area contributed by atoms with Crippen molar-refractivity contribution in [2.75, 3.05) is 36.8 Å². The smallest absolute Gasteiger partial charge is 0.266 e. The highest BCUT2D eigenvalue weighted by Crippen LogP contribution is 2.35. The van der Waals surface area contributed by atoms with Gasteiger partial charge in [-0.15, -0.1) is 16.4 Å². The van der Waals surface area contributed by atoms with Crippen molar-refractivity contribution in [1.82, 2.24) is 20.1 Å². The summed E-state index contributed by atoms with van der Waals surface area (Å²) in [4.78, 5) is 22.7. The minimum atomic E-state index is -0.0101. The molecule has 1 aliphatic heterocycles. The van der Waals surface area contributed by atoms with Gasteiger partial charge in [-0.25, -0.2) is 0 Å². The molecule has 27 heavy (non-hydrogen) atoms. The van der Waals surface area contributed by atoms with Gasteiger partial charge in [-0.05, 0) is 38.0 Å².